The molecule has 0 amide bonds. The number of aliphatic imine (C=N–C) groups is 1. The molecule has 0 saturated heterocycles. The molecule has 0 aromatic carbocycles. The quantitative estimate of drug-likeness (QED) is 0.369. The number of nitrogens with one attached hydrogen (secondary N) is 1. The molecule has 0 spiro atoms. The van der Waals surface area contributed by atoms with E-state index < -0.39 is 0 Å². The summed E-state index contributed by atoms with van der Waals surface area (Å²) in [5.41, 5.74) is 6.38. The smallest absolute Gasteiger partial charge is 0.188 e. The van der Waals surface area contributed by atoms with Crippen molar-refractivity contribution in [2.24, 2.45) is 16.1 Å². The normalized spacial score (nSPS) is 18.1. The number of nitrogens with two attached hydrogens (primary N) is 1. The van der Waals surface area contributed by atoms with Crippen LogP contribution in [0.5, 0.6) is 0 Å². The van der Waals surface area contributed by atoms with Crippen LogP contribution in [0.3, 0.4) is 0 Å². The number of rotatable bonds is 9. The molecule has 1 rings (SSSR count). The summed E-state index contributed by atoms with van der Waals surface area (Å²) in [6, 6.07) is 0. The van der Waals surface area contributed by atoms with E-state index >= 15 is 0 Å². The van der Waals surface area contributed by atoms with Gasteiger partial charge in [-0.2, -0.15) is 0 Å². The molecule has 3 heteroatoms. The second kappa shape index (κ2) is 7.57. The van der Waals surface area contributed by atoms with E-state index in [9.17, 15) is 0 Å². The van der Waals surface area contributed by atoms with E-state index in [0.717, 1.165) is 13.1 Å². The minimum Gasteiger partial charge on any atom is -0.370 e. The summed E-state index contributed by atoms with van der Waals surface area (Å²) in [5, 5.41) is 3.21. The summed E-state index contributed by atoms with van der Waals surface area (Å²) in [7, 11) is 0. The highest BCUT2D eigenvalue weighted by atomic mass is 15.1. The minimum absolute atomic E-state index is 0.517. The van der Waals surface area contributed by atoms with Gasteiger partial charge in [-0.15, -0.1) is 0 Å². The van der Waals surface area contributed by atoms with Crippen molar-refractivity contribution >= 4 is 5.96 Å². The first-order chi connectivity index (χ1) is 8.22. The molecular weight excluding hydrogens is 210 g/mol. The summed E-state index contributed by atoms with van der Waals surface area (Å²) in [4.78, 5) is 4.48. The Morgan fingerprint density at radius 2 is 1.94 bits per heavy atom. The first kappa shape index (κ1) is 14.3. The second-order valence-electron chi connectivity index (χ2n) is 5.44. The van der Waals surface area contributed by atoms with Crippen LogP contribution in [0.15, 0.2) is 4.99 Å². The molecule has 17 heavy (non-hydrogen) atoms. The Bertz CT molecular complexity index is 232. The molecule has 3 nitrogen and oxygen atoms in total. The third-order valence-corrected chi connectivity index (χ3v) is 3.66. The molecule has 1 aliphatic rings. The molecule has 1 aliphatic carbocycles. The lowest BCUT2D eigenvalue weighted by Crippen LogP contribution is -2.33. The van der Waals surface area contributed by atoms with E-state index in [0.29, 0.717) is 11.4 Å². The number of guanidine groups is 1. The molecule has 0 heterocycles. The van der Waals surface area contributed by atoms with Gasteiger partial charge in [0, 0.05) is 13.1 Å². The third-order valence-electron chi connectivity index (χ3n) is 3.66. The van der Waals surface area contributed by atoms with Crippen LogP contribution in [-0.2, 0) is 0 Å². The Kier molecular flexibility index (Phi) is 6.38. The van der Waals surface area contributed by atoms with Gasteiger partial charge in [0.25, 0.3) is 0 Å². The van der Waals surface area contributed by atoms with Crippen LogP contribution in [0.1, 0.15) is 65.2 Å². The lowest BCUT2D eigenvalue weighted by atomic mass is 10.0. The van der Waals surface area contributed by atoms with Gasteiger partial charge in [-0.3, -0.25) is 4.99 Å². The van der Waals surface area contributed by atoms with Crippen molar-refractivity contribution in [2.75, 3.05) is 13.1 Å². The first-order valence-corrected chi connectivity index (χ1v) is 7.26. The van der Waals surface area contributed by atoms with Crippen molar-refractivity contribution in [2.45, 2.75) is 65.2 Å². The number of unbranched alkanes of at least 4 members (excludes halogenated alkanes) is 3. The summed E-state index contributed by atoms with van der Waals surface area (Å²) in [5.74, 6) is 0.642. The molecule has 0 radical (unpaired) electrons. The number of hydrogen-bond acceptors (Lipinski definition) is 1. The molecule has 0 aliphatic heterocycles. The lowest BCUT2D eigenvalue weighted by Gasteiger charge is -2.11. The zero-order chi connectivity index (χ0) is 12.6. The van der Waals surface area contributed by atoms with E-state index in [2.05, 4.69) is 24.2 Å². The van der Waals surface area contributed by atoms with E-state index in [1.165, 1.54) is 51.4 Å². The van der Waals surface area contributed by atoms with E-state index in [-0.39, 0.29) is 0 Å². The van der Waals surface area contributed by atoms with Crippen LogP contribution in [0.25, 0.3) is 0 Å². The largest absolute Gasteiger partial charge is 0.370 e. The number of hydrogen-bond donors (Lipinski definition) is 2. The SMILES string of the molecule is CCCCCCNC(N)=NCC1(CCC)CC1. The third kappa shape index (κ3) is 5.94. The van der Waals surface area contributed by atoms with E-state index in [1.54, 1.807) is 0 Å². The fourth-order valence-electron chi connectivity index (χ4n) is 2.27. The predicted molar refractivity (Wildman–Crippen MR) is 75.2 cm³/mol. The molecule has 1 saturated carbocycles. The molecule has 100 valence electrons. The summed E-state index contributed by atoms with van der Waals surface area (Å²) in [6.45, 7) is 6.37. The van der Waals surface area contributed by atoms with Gasteiger partial charge in [0.2, 0.25) is 0 Å². The summed E-state index contributed by atoms with van der Waals surface area (Å²) < 4.78 is 0. The molecule has 0 aromatic rings. The van der Waals surface area contributed by atoms with Crippen LogP contribution in [0.4, 0.5) is 0 Å². The van der Waals surface area contributed by atoms with Crippen molar-refractivity contribution in [3.05, 3.63) is 0 Å². The standard InChI is InChI=1S/C14H29N3/c1-3-5-6-7-11-16-13(15)17-12-14(8-4-2)9-10-14/h3-12H2,1-2H3,(H3,15,16,17). The monoisotopic (exact) mass is 239 g/mol. The Morgan fingerprint density at radius 1 is 1.18 bits per heavy atom. The van der Waals surface area contributed by atoms with Crippen molar-refractivity contribution in [1.29, 1.82) is 0 Å². The Labute approximate surface area is 106 Å². The van der Waals surface area contributed by atoms with Gasteiger partial charge in [0.1, 0.15) is 0 Å². The zero-order valence-corrected chi connectivity index (χ0v) is 11.6. The van der Waals surface area contributed by atoms with Gasteiger partial charge in [-0.1, -0.05) is 39.5 Å². The van der Waals surface area contributed by atoms with Crippen molar-refractivity contribution in [1.82, 2.24) is 5.32 Å². The molecular formula is C14H29N3. The maximum absolute atomic E-state index is 5.86. The Hall–Kier alpha value is -0.730. The zero-order valence-electron chi connectivity index (χ0n) is 11.6. The van der Waals surface area contributed by atoms with Gasteiger partial charge < -0.3 is 11.1 Å². The van der Waals surface area contributed by atoms with Gasteiger partial charge in [0.05, 0.1) is 0 Å². The number of nitrogens with zero attached hydrogens (tertiary/aromatic N) is 1. The predicted octanol–water partition coefficient (Wildman–Crippen LogP) is 3.05. The molecule has 0 atom stereocenters. The highest BCUT2D eigenvalue weighted by molar-refractivity contribution is 5.77. The average molecular weight is 239 g/mol. The molecule has 0 unspecified atom stereocenters. The average Bonchev–Trinajstić information content (AvgIpc) is 3.07. The topological polar surface area (TPSA) is 50.4 Å². The minimum atomic E-state index is 0.517. The molecule has 3 N–H and O–H groups in total. The van der Waals surface area contributed by atoms with E-state index in [4.69, 9.17) is 5.73 Å². The van der Waals surface area contributed by atoms with Gasteiger partial charge in [-0.25, -0.2) is 0 Å². The van der Waals surface area contributed by atoms with Gasteiger partial charge in [0.15, 0.2) is 5.96 Å². The highest BCUT2D eigenvalue weighted by Gasteiger charge is 2.41. The first-order valence-electron chi connectivity index (χ1n) is 7.26. The Morgan fingerprint density at radius 3 is 2.53 bits per heavy atom. The fraction of sp³-hybridized carbons (Fsp3) is 0.929. The fourth-order valence-corrected chi connectivity index (χ4v) is 2.27. The van der Waals surface area contributed by atoms with Crippen LogP contribution < -0.4 is 11.1 Å². The summed E-state index contributed by atoms with van der Waals surface area (Å²) >= 11 is 0. The molecule has 0 aromatic heterocycles. The van der Waals surface area contributed by atoms with Crippen LogP contribution in [-0.4, -0.2) is 19.0 Å². The van der Waals surface area contributed by atoms with Crippen LogP contribution in [0.2, 0.25) is 0 Å². The van der Waals surface area contributed by atoms with Crippen molar-refractivity contribution in [3.63, 3.8) is 0 Å². The van der Waals surface area contributed by atoms with Crippen LogP contribution in [0, 0.1) is 5.41 Å². The lowest BCUT2D eigenvalue weighted by molar-refractivity contribution is 0.472. The Balaban J connectivity index is 2.08. The molecule has 0 bridgehead atoms. The van der Waals surface area contributed by atoms with Gasteiger partial charge in [-0.05, 0) is 31.1 Å². The van der Waals surface area contributed by atoms with Crippen molar-refractivity contribution in [3.8, 4) is 0 Å². The van der Waals surface area contributed by atoms with Gasteiger partial charge >= 0.3 is 0 Å². The van der Waals surface area contributed by atoms with Crippen molar-refractivity contribution < 1.29 is 0 Å². The maximum atomic E-state index is 5.86. The van der Waals surface area contributed by atoms with Crippen LogP contribution >= 0.6 is 0 Å². The summed E-state index contributed by atoms with van der Waals surface area (Å²) in [6.07, 6.45) is 10.3. The molecule has 1 fully saturated rings. The second-order valence-corrected chi connectivity index (χ2v) is 5.44. The highest BCUT2D eigenvalue weighted by Crippen LogP contribution is 2.49. The van der Waals surface area contributed by atoms with E-state index in [1.807, 2.05) is 0 Å². The maximum Gasteiger partial charge on any atom is 0.188 e.